The van der Waals surface area contributed by atoms with E-state index < -0.39 is 0 Å². The van der Waals surface area contributed by atoms with Gasteiger partial charge in [0.1, 0.15) is 0 Å². The van der Waals surface area contributed by atoms with Crippen molar-refractivity contribution >= 4 is 17.3 Å². The van der Waals surface area contributed by atoms with E-state index in [0.717, 1.165) is 5.69 Å². The molecular weight excluding hydrogens is 190 g/mol. The van der Waals surface area contributed by atoms with E-state index in [1.54, 1.807) is 0 Å². The zero-order chi connectivity index (χ0) is 9.84. The molecule has 0 aliphatic heterocycles. The summed E-state index contributed by atoms with van der Waals surface area (Å²) in [5.74, 6) is -0.364. The molecule has 0 unspecified atom stereocenters. The second kappa shape index (κ2) is 4.23. The second-order valence-corrected chi connectivity index (χ2v) is 3.30. The van der Waals surface area contributed by atoms with Crippen LogP contribution in [0.4, 0.5) is 0 Å². The monoisotopic (exact) mass is 201 g/mol. The van der Waals surface area contributed by atoms with Gasteiger partial charge in [-0.3, -0.25) is 4.79 Å². The summed E-state index contributed by atoms with van der Waals surface area (Å²) in [5, 5.41) is 1.05. The minimum absolute atomic E-state index is 0.341. The average Bonchev–Trinajstić information content (AvgIpc) is 2.31. The molecule has 0 amide bonds. The van der Waals surface area contributed by atoms with Gasteiger partial charge >= 0.3 is 5.97 Å². The van der Waals surface area contributed by atoms with Crippen LogP contribution in [-0.4, -0.2) is 17.6 Å². The van der Waals surface area contributed by atoms with Gasteiger partial charge in [-0.1, -0.05) is 0 Å². The SMILES string of the molecule is CCOc1sc(OC(C)=O)nc1C. The van der Waals surface area contributed by atoms with E-state index >= 15 is 0 Å². The van der Waals surface area contributed by atoms with Gasteiger partial charge in [-0.15, -0.1) is 0 Å². The van der Waals surface area contributed by atoms with Crippen molar-refractivity contribution in [2.75, 3.05) is 6.61 Å². The fourth-order valence-electron chi connectivity index (χ4n) is 0.790. The molecule has 1 heterocycles. The van der Waals surface area contributed by atoms with Crippen LogP contribution in [0.3, 0.4) is 0 Å². The molecule has 0 saturated carbocycles. The summed E-state index contributed by atoms with van der Waals surface area (Å²) in [7, 11) is 0. The molecule has 1 rings (SSSR count). The molecule has 0 atom stereocenters. The lowest BCUT2D eigenvalue weighted by Gasteiger charge is -1.96. The van der Waals surface area contributed by atoms with Crippen LogP contribution in [0.5, 0.6) is 10.3 Å². The van der Waals surface area contributed by atoms with E-state index in [9.17, 15) is 4.79 Å². The molecule has 72 valence electrons. The number of hydrogen-bond donors (Lipinski definition) is 0. The van der Waals surface area contributed by atoms with Crippen molar-refractivity contribution < 1.29 is 14.3 Å². The van der Waals surface area contributed by atoms with Gasteiger partial charge in [0.2, 0.25) is 0 Å². The van der Waals surface area contributed by atoms with E-state index in [1.807, 2.05) is 13.8 Å². The Hall–Kier alpha value is -1.10. The minimum atomic E-state index is -0.364. The minimum Gasteiger partial charge on any atom is -0.483 e. The number of thiazole rings is 1. The molecule has 1 aromatic rings. The van der Waals surface area contributed by atoms with Crippen molar-refractivity contribution in [1.82, 2.24) is 4.98 Å². The maximum atomic E-state index is 10.6. The normalized spacial score (nSPS) is 9.77. The van der Waals surface area contributed by atoms with Gasteiger partial charge < -0.3 is 9.47 Å². The van der Waals surface area contributed by atoms with E-state index in [4.69, 9.17) is 9.47 Å². The Bertz CT molecular complexity index is 308. The van der Waals surface area contributed by atoms with Gasteiger partial charge in [0, 0.05) is 6.92 Å². The summed E-state index contributed by atoms with van der Waals surface area (Å²) in [4.78, 5) is 14.6. The van der Waals surface area contributed by atoms with Gasteiger partial charge in [-0.25, -0.2) is 4.98 Å². The van der Waals surface area contributed by atoms with Gasteiger partial charge in [0.05, 0.1) is 12.3 Å². The third kappa shape index (κ3) is 2.69. The summed E-state index contributed by atoms with van der Waals surface area (Å²) in [6.45, 7) is 5.64. The molecule has 0 fully saturated rings. The first kappa shape index (κ1) is 9.98. The number of hydrogen-bond acceptors (Lipinski definition) is 5. The Morgan fingerprint density at radius 2 is 2.31 bits per heavy atom. The quantitative estimate of drug-likeness (QED) is 0.699. The van der Waals surface area contributed by atoms with Crippen LogP contribution >= 0.6 is 11.3 Å². The average molecular weight is 201 g/mol. The Kier molecular flexibility index (Phi) is 3.25. The molecule has 13 heavy (non-hydrogen) atoms. The summed E-state index contributed by atoms with van der Waals surface area (Å²) in [5.41, 5.74) is 0.753. The third-order valence-corrected chi connectivity index (χ3v) is 2.19. The van der Waals surface area contributed by atoms with Crippen LogP contribution in [0, 0.1) is 6.92 Å². The van der Waals surface area contributed by atoms with Crippen molar-refractivity contribution in [3.05, 3.63) is 5.69 Å². The van der Waals surface area contributed by atoms with Crippen molar-refractivity contribution in [3.8, 4) is 10.3 Å². The molecule has 0 aliphatic carbocycles. The number of esters is 1. The number of nitrogens with zero attached hydrogens (tertiary/aromatic N) is 1. The van der Waals surface area contributed by atoms with Crippen LogP contribution in [-0.2, 0) is 4.79 Å². The molecule has 0 radical (unpaired) electrons. The second-order valence-electron chi connectivity index (χ2n) is 2.38. The molecule has 0 saturated heterocycles. The third-order valence-electron chi connectivity index (χ3n) is 1.24. The first-order chi connectivity index (χ1) is 6.13. The van der Waals surface area contributed by atoms with E-state index in [2.05, 4.69) is 4.98 Å². The lowest BCUT2D eigenvalue weighted by Crippen LogP contribution is -2.00. The lowest BCUT2D eigenvalue weighted by atomic mass is 10.5. The standard InChI is InChI=1S/C8H11NO3S/c1-4-11-7-5(2)9-8(13-7)12-6(3)10/h4H2,1-3H3. The first-order valence-corrected chi connectivity index (χ1v) is 4.73. The molecular formula is C8H11NO3S. The summed E-state index contributed by atoms with van der Waals surface area (Å²) >= 11 is 1.24. The number of ether oxygens (including phenoxy) is 2. The van der Waals surface area contributed by atoms with Crippen molar-refractivity contribution in [1.29, 1.82) is 0 Å². The Morgan fingerprint density at radius 3 is 2.85 bits per heavy atom. The van der Waals surface area contributed by atoms with E-state index in [0.29, 0.717) is 16.9 Å². The molecule has 4 nitrogen and oxygen atoms in total. The zero-order valence-electron chi connectivity index (χ0n) is 7.79. The summed E-state index contributed by atoms with van der Waals surface area (Å²) in [6.07, 6.45) is 0. The fraction of sp³-hybridized carbons (Fsp3) is 0.500. The zero-order valence-corrected chi connectivity index (χ0v) is 8.60. The van der Waals surface area contributed by atoms with Crippen LogP contribution in [0.2, 0.25) is 0 Å². The smallest absolute Gasteiger partial charge is 0.309 e. The van der Waals surface area contributed by atoms with Crippen molar-refractivity contribution in [2.45, 2.75) is 20.8 Å². The molecule has 1 aromatic heterocycles. The van der Waals surface area contributed by atoms with Gasteiger partial charge in [0.15, 0.2) is 5.06 Å². The van der Waals surface area contributed by atoms with Crippen LogP contribution < -0.4 is 9.47 Å². The highest BCUT2D eigenvalue weighted by molar-refractivity contribution is 7.15. The number of aryl methyl sites for hydroxylation is 1. The van der Waals surface area contributed by atoms with Gasteiger partial charge in [0.25, 0.3) is 5.19 Å². The number of rotatable bonds is 3. The van der Waals surface area contributed by atoms with Crippen molar-refractivity contribution in [3.63, 3.8) is 0 Å². The fourth-order valence-corrected chi connectivity index (χ4v) is 1.66. The predicted octanol–water partition coefficient (Wildman–Crippen LogP) is 1.78. The number of aromatic nitrogens is 1. The molecule has 0 bridgehead atoms. The Morgan fingerprint density at radius 1 is 1.62 bits per heavy atom. The largest absolute Gasteiger partial charge is 0.483 e. The van der Waals surface area contributed by atoms with E-state index in [-0.39, 0.29) is 5.97 Å². The molecule has 5 heteroatoms. The number of carbonyl (C=O) groups excluding carboxylic acids is 1. The molecule has 0 spiro atoms. The Balaban J connectivity index is 2.76. The lowest BCUT2D eigenvalue weighted by molar-refractivity contribution is -0.131. The number of carbonyl (C=O) groups is 1. The van der Waals surface area contributed by atoms with E-state index in [1.165, 1.54) is 18.3 Å². The van der Waals surface area contributed by atoms with Gasteiger partial charge in [-0.2, -0.15) is 0 Å². The van der Waals surface area contributed by atoms with Crippen LogP contribution in [0.25, 0.3) is 0 Å². The molecule has 0 aromatic carbocycles. The molecule has 0 N–H and O–H groups in total. The highest BCUT2D eigenvalue weighted by Crippen LogP contribution is 2.31. The van der Waals surface area contributed by atoms with Crippen molar-refractivity contribution in [2.24, 2.45) is 0 Å². The Labute approximate surface area is 80.5 Å². The summed E-state index contributed by atoms with van der Waals surface area (Å²) in [6, 6.07) is 0. The van der Waals surface area contributed by atoms with Crippen LogP contribution in [0.15, 0.2) is 0 Å². The topological polar surface area (TPSA) is 48.4 Å². The van der Waals surface area contributed by atoms with Crippen LogP contribution in [0.1, 0.15) is 19.5 Å². The first-order valence-electron chi connectivity index (χ1n) is 3.92. The maximum Gasteiger partial charge on any atom is 0.309 e. The highest BCUT2D eigenvalue weighted by atomic mass is 32.1. The predicted molar refractivity (Wildman–Crippen MR) is 49.3 cm³/mol. The highest BCUT2D eigenvalue weighted by Gasteiger charge is 2.10. The molecule has 0 aliphatic rings. The van der Waals surface area contributed by atoms with Gasteiger partial charge in [-0.05, 0) is 25.2 Å². The summed E-state index contributed by atoms with van der Waals surface area (Å²) < 4.78 is 10.1. The maximum absolute atomic E-state index is 10.6.